The summed E-state index contributed by atoms with van der Waals surface area (Å²) in [5.74, 6) is -0.269. The summed E-state index contributed by atoms with van der Waals surface area (Å²) in [5, 5.41) is 3.40. The van der Waals surface area contributed by atoms with Crippen LogP contribution in [0.4, 0.5) is 10.5 Å². The van der Waals surface area contributed by atoms with Gasteiger partial charge >= 0.3 is 11.9 Å². The fraction of sp³-hybridized carbons (Fsp3) is 0.478. The molecule has 1 atom stereocenters. The minimum Gasteiger partial charge on any atom is -0.325 e. The number of amidine groups is 2. The van der Waals surface area contributed by atoms with Crippen molar-refractivity contribution in [1.29, 1.82) is 0 Å². The van der Waals surface area contributed by atoms with Crippen LogP contribution in [0.15, 0.2) is 34.3 Å². The number of unbranched alkanes of at least 4 members (excludes halogenated alkanes) is 1. The molecule has 1 unspecified atom stereocenters. The molecule has 1 aromatic carbocycles. The van der Waals surface area contributed by atoms with E-state index in [9.17, 15) is 14.4 Å². The fourth-order valence-corrected chi connectivity index (χ4v) is 4.44. The van der Waals surface area contributed by atoms with E-state index in [2.05, 4.69) is 22.2 Å². The van der Waals surface area contributed by atoms with E-state index in [1.807, 2.05) is 31.2 Å². The maximum absolute atomic E-state index is 12.8. The number of rotatable bonds is 8. The average Bonchev–Trinajstić information content (AvgIpc) is 2.79. The molecule has 0 saturated carbocycles. The SMILES string of the molecule is CCCCc1ccc(NC(=O)CSC2=NC(CCC)=NC3=[N+](C)C(=O)N(C)C(=O)C23)cc1. The molecule has 4 amide bonds. The molecule has 0 bridgehead atoms. The van der Waals surface area contributed by atoms with E-state index < -0.39 is 11.9 Å². The fourth-order valence-electron chi connectivity index (χ4n) is 3.54. The summed E-state index contributed by atoms with van der Waals surface area (Å²) in [4.78, 5) is 47.8. The zero-order valence-electron chi connectivity index (χ0n) is 19.1. The van der Waals surface area contributed by atoms with E-state index in [0.29, 0.717) is 23.1 Å². The van der Waals surface area contributed by atoms with Crippen molar-refractivity contribution in [3.63, 3.8) is 0 Å². The number of urea groups is 1. The van der Waals surface area contributed by atoms with Crippen molar-refractivity contribution < 1.29 is 19.0 Å². The Morgan fingerprint density at radius 1 is 1.12 bits per heavy atom. The number of benzene rings is 1. The van der Waals surface area contributed by atoms with E-state index in [1.54, 1.807) is 7.05 Å². The molecule has 2 aliphatic rings. The molecule has 8 nitrogen and oxygen atoms in total. The number of fused-ring (bicyclic) bond motifs is 1. The smallest absolute Gasteiger partial charge is 0.325 e. The number of hydrogen-bond acceptors (Lipinski definition) is 6. The molecule has 1 N–H and O–H groups in total. The summed E-state index contributed by atoms with van der Waals surface area (Å²) in [5.41, 5.74) is 1.99. The number of aryl methyl sites for hydroxylation is 1. The molecule has 0 spiro atoms. The minimum atomic E-state index is -0.765. The second-order valence-corrected chi connectivity index (χ2v) is 8.89. The molecule has 2 aliphatic heterocycles. The van der Waals surface area contributed by atoms with Crippen molar-refractivity contribution in [2.75, 3.05) is 25.2 Å². The third-order valence-electron chi connectivity index (χ3n) is 5.36. The number of imide groups is 1. The predicted molar refractivity (Wildman–Crippen MR) is 129 cm³/mol. The van der Waals surface area contributed by atoms with Gasteiger partial charge in [0.1, 0.15) is 5.04 Å². The van der Waals surface area contributed by atoms with E-state index in [4.69, 9.17) is 0 Å². The van der Waals surface area contributed by atoms with E-state index in [-0.39, 0.29) is 17.6 Å². The molecular weight excluding hydrogens is 426 g/mol. The average molecular weight is 457 g/mol. The van der Waals surface area contributed by atoms with Gasteiger partial charge in [-0.05, 0) is 37.0 Å². The van der Waals surface area contributed by atoms with E-state index in [1.165, 1.54) is 28.9 Å². The summed E-state index contributed by atoms with van der Waals surface area (Å²) in [6.45, 7) is 4.17. The third-order valence-corrected chi connectivity index (χ3v) is 6.39. The number of amides is 4. The van der Waals surface area contributed by atoms with Crippen LogP contribution in [0.25, 0.3) is 0 Å². The van der Waals surface area contributed by atoms with Crippen molar-refractivity contribution >= 4 is 52.0 Å². The van der Waals surface area contributed by atoms with Gasteiger partial charge in [0.25, 0.3) is 5.84 Å². The number of nitrogens with zero attached hydrogens (tertiary/aromatic N) is 4. The van der Waals surface area contributed by atoms with Crippen molar-refractivity contribution in [3.8, 4) is 0 Å². The van der Waals surface area contributed by atoms with E-state index >= 15 is 0 Å². The van der Waals surface area contributed by atoms with Crippen LogP contribution in [0.1, 0.15) is 45.1 Å². The van der Waals surface area contributed by atoms with Gasteiger partial charge in [-0.1, -0.05) is 49.2 Å². The lowest BCUT2D eigenvalue weighted by atomic mass is 10.0. The lowest BCUT2D eigenvalue weighted by Crippen LogP contribution is -2.54. The number of carbonyl (C=O) groups excluding carboxylic acids is 3. The summed E-state index contributed by atoms with van der Waals surface area (Å²) >= 11 is 1.21. The van der Waals surface area contributed by atoms with Gasteiger partial charge < -0.3 is 5.32 Å². The maximum atomic E-state index is 12.8. The Kier molecular flexibility index (Phi) is 7.95. The first-order valence-electron chi connectivity index (χ1n) is 11.0. The van der Waals surface area contributed by atoms with Gasteiger partial charge in [-0.25, -0.2) is 9.79 Å². The maximum Gasteiger partial charge on any atom is 0.445 e. The second-order valence-electron chi connectivity index (χ2n) is 7.90. The first-order valence-corrected chi connectivity index (χ1v) is 11.9. The standard InChI is InChI=1S/C23H29N5O3S/c1-5-7-9-15-10-12-16(13-11-15)24-18(29)14-32-21-19-20(25-17(26-21)8-6-2)27(3)23(31)28(4)22(19)30/h10-13,19H,5-9,14H2,1-4H3/p+1. The summed E-state index contributed by atoms with van der Waals surface area (Å²) < 4.78 is 1.39. The molecule has 9 heteroatoms. The first-order chi connectivity index (χ1) is 15.3. The molecule has 170 valence electrons. The van der Waals surface area contributed by atoms with Gasteiger partial charge in [0.15, 0.2) is 5.92 Å². The first kappa shape index (κ1) is 23.8. The quantitative estimate of drug-likeness (QED) is 0.605. The number of hydrogen-bond donors (Lipinski definition) is 1. The van der Waals surface area contributed by atoms with Gasteiger partial charge in [0.2, 0.25) is 11.7 Å². The second kappa shape index (κ2) is 10.7. The molecular formula is C23H30N5O3S+. The molecule has 3 rings (SSSR count). The summed E-state index contributed by atoms with van der Waals surface area (Å²) in [7, 11) is 3.05. The molecule has 0 aliphatic carbocycles. The van der Waals surface area contributed by atoms with Crippen molar-refractivity contribution in [3.05, 3.63) is 29.8 Å². The van der Waals surface area contributed by atoms with Crippen LogP contribution < -0.4 is 5.32 Å². The molecule has 0 fully saturated rings. The lowest BCUT2D eigenvalue weighted by molar-refractivity contribution is -0.407. The molecule has 2 heterocycles. The van der Waals surface area contributed by atoms with Crippen molar-refractivity contribution in [2.45, 2.75) is 46.0 Å². The van der Waals surface area contributed by atoms with Crippen LogP contribution in [0.3, 0.4) is 0 Å². The summed E-state index contributed by atoms with van der Waals surface area (Å²) in [6.07, 6.45) is 4.78. The number of anilines is 1. The Hall–Kier alpha value is -2.81. The highest BCUT2D eigenvalue weighted by molar-refractivity contribution is 8.14. The Balaban J connectivity index is 1.71. The molecule has 32 heavy (non-hydrogen) atoms. The molecule has 0 saturated heterocycles. The van der Waals surface area contributed by atoms with Crippen LogP contribution in [-0.4, -0.2) is 63.9 Å². The van der Waals surface area contributed by atoms with Crippen LogP contribution in [0.2, 0.25) is 0 Å². The zero-order valence-corrected chi connectivity index (χ0v) is 19.9. The largest absolute Gasteiger partial charge is 0.445 e. The highest BCUT2D eigenvalue weighted by Crippen LogP contribution is 2.26. The van der Waals surface area contributed by atoms with Crippen LogP contribution in [0, 0.1) is 5.92 Å². The predicted octanol–water partition coefficient (Wildman–Crippen LogP) is 3.56. The number of aliphatic imine (C=N–C) groups is 2. The topological polar surface area (TPSA) is 94.2 Å². The third kappa shape index (κ3) is 5.32. The van der Waals surface area contributed by atoms with Gasteiger partial charge in [0.05, 0.1) is 19.8 Å². The Morgan fingerprint density at radius 3 is 2.50 bits per heavy atom. The van der Waals surface area contributed by atoms with Gasteiger partial charge in [-0.2, -0.15) is 9.48 Å². The minimum absolute atomic E-state index is 0.105. The van der Waals surface area contributed by atoms with Crippen LogP contribution >= 0.6 is 11.8 Å². The highest BCUT2D eigenvalue weighted by Gasteiger charge is 2.49. The van der Waals surface area contributed by atoms with Crippen molar-refractivity contribution in [2.24, 2.45) is 15.9 Å². The Morgan fingerprint density at radius 2 is 1.84 bits per heavy atom. The highest BCUT2D eigenvalue weighted by atomic mass is 32.2. The van der Waals surface area contributed by atoms with Crippen LogP contribution in [0.5, 0.6) is 0 Å². The van der Waals surface area contributed by atoms with Gasteiger partial charge in [0, 0.05) is 12.1 Å². The van der Waals surface area contributed by atoms with Gasteiger partial charge in [-0.3, -0.25) is 9.59 Å². The van der Waals surface area contributed by atoms with Gasteiger partial charge in [-0.15, -0.1) is 0 Å². The Labute approximate surface area is 192 Å². The normalized spacial score (nSPS) is 18.4. The zero-order chi connectivity index (χ0) is 23.3. The lowest BCUT2D eigenvalue weighted by Gasteiger charge is -2.26. The molecule has 0 radical (unpaired) electrons. The number of thioether (sulfide) groups is 1. The summed E-state index contributed by atoms with van der Waals surface area (Å²) in [6, 6.07) is 7.45. The van der Waals surface area contributed by atoms with E-state index in [0.717, 1.165) is 36.3 Å². The number of carbonyl (C=O) groups is 3. The number of nitrogens with one attached hydrogen (secondary N) is 1. The van der Waals surface area contributed by atoms with Crippen molar-refractivity contribution in [1.82, 2.24) is 4.90 Å². The Bertz CT molecular complexity index is 997. The molecule has 1 aromatic rings. The molecule has 0 aromatic heterocycles. The monoisotopic (exact) mass is 456 g/mol. The van der Waals surface area contributed by atoms with Crippen LogP contribution in [-0.2, 0) is 16.0 Å².